The molecule has 19 heavy (non-hydrogen) atoms. The van der Waals surface area contributed by atoms with E-state index in [-0.39, 0.29) is 5.75 Å². The van der Waals surface area contributed by atoms with Crippen molar-refractivity contribution in [3.8, 4) is 0 Å². The lowest BCUT2D eigenvalue weighted by Gasteiger charge is -2.05. The van der Waals surface area contributed by atoms with E-state index in [4.69, 9.17) is 4.42 Å². The Bertz CT molecular complexity index is 715. The third kappa shape index (κ3) is 3.68. The Morgan fingerprint density at radius 1 is 1.37 bits per heavy atom. The van der Waals surface area contributed by atoms with Crippen molar-refractivity contribution in [1.29, 1.82) is 0 Å². The van der Waals surface area contributed by atoms with Crippen molar-refractivity contribution in [3.05, 3.63) is 34.3 Å². The molecule has 0 spiro atoms. The summed E-state index contributed by atoms with van der Waals surface area (Å²) in [7, 11) is -3.17. The molecule has 0 amide bonds. The summed E-state index contributed by atoms with van der Waals surface area (Å²) in [5, 5.41) is 0. The van der Waals surface area contributed by atoms with Crippen molar-refractivity contribution in [2.24, 2.45) is 0 Å². The molecule has 2 N–H and O–H groups in total. The summed E-state index contributed by atoms with van der Waals surface area (Å²) in [5.41, 5.74) is 2.04. The highest BCUT2D eigenvalue weighted by Gasteiger charge is 2.08. The number of H-pyrrole nitrogens is 1. The van der Waals surface area contributed by atoms with Crippen LogP contribution in [0.25, 0.3) is 11.1 Å². The van der Waals surface area contributed by atoms with E-state index < -0.39 is 15.8 Å². The molecule has 0 aliphatic heterocycles. The number of benzene rings is 1. The molecular formula is C12H16N2O4S. The molecule has 0 fully saturated rings. The van der Waals surface area contributed by atoms with Crippen molar-refractivity contribution >= 4 is 21.1 Å². The Morgan fingerprint density at radius 3 is 2.89 bits per heavy atom. The Hall–Kier alpha value is -1.60. The van der Waals surface area contributed by atoms with Crippen LogP contribution in [0.4, 0.5) is 0 Å². The fourth-order valence-electron chi connectivity index (χ4n) is 1.84. The minimum atomic E-state index is -3.17. The van der Waals surface area contributed by atoms with Crippen LogP contribution in [0.2, 0.25) is 0 Å². The number of rotatable bonds is 6. The van der Waals surface area contributed by atoms with Gasteiger partial charge in [-0.1, -0.05) is 13.0 Å². The number of sulfonamides is 1. The summed E-state index contributed by atoms with van der Waals surface area (Å²) in [6.07, 6.45) is 1.14. The lowest BCUT2D eigenvalue weighted by Crippen LogP contribution is -2.28. The predicted molar refractivity (Wildman–Crippen MR) is 72.6 cm³/mol. The van der Waals surface area contributed by atoms with Crippen molar-refractivity contribution in [1.82, 2.24) is 9.71 Å². The van der Waals surface area contributed by atoms with E-state index in [0.717, 1.165) is 5.56 Å². The summed E-state index contributed by atoms with van der Waals surface area (Å²) < 4.78 is 30.4. The van der Waals surface area contributed by atoms with E-state index in [1.807, 2.05) is 13.0 Å². The van der Waals surface area contributed by atoms with Gasteiger partial charge in [-0.3, -0.25) is 4.98 Å². The van der Waals surface area contributed by atoms with Crippen LogP contribution in [0.1, 0.15) is 18.9 Å². The van der Waals surface area contributed by atoms with Crippen LogP contribution < -0.4 is 10.5 Å². The standard InChI is InChI=1S/C12H16N2O4S/c1-2-7-19(16,17)13-6-5-9-3-4-10-11(8-9)18-12(15)14-10/h3-4,8,13H,2,5-7H2,1H3,(H,14,15). The van der Waals surface area contributed by atoms with Gasteiger partial charge >= 0.3 is 5.76 Å². The van der Waals surface area contributed by atoms with E-state index >= 15 is 0 Å². The second-order valence-corrected chi connectivity index (χ2v) is 6.23. The van der Waals surface area contributed by atoms with Crippen LogP contribution in [0.3, 0.4) is 0 Å². The molecule has 104 valence electrons. The quantitative estimate of drug-likeness (QED) is 0.827. The fourth-order valence-corrected chi connectivity index (χ4v) is 2.93. The van der Waals surface area contributed by atoms with E-state index in [1.165, 1.54) is 0 Å². The molecule has 0 unspecified atom stereocenters. The van der Waals surface area contributed by atoms with Gasteiger partial charge in [0.25, 0.3) is 0 Å². The van der Waals surface area contributed by atoms with Crippen LogP contribution >= 0.6 is 0 Å². The number of hydrogen-bond acceptors (Lipinski definition) is 4. The van der Waals surface area contributed by atoms with E-state index in [2.05, 4.69) is 9.71 Å². The summed E-state index contributed by atoms with van der Waals surface area (Å²) >= 11 is 0. The monoisotopic (exact) mass is 284 g/mol. The highest BCUT2D eigenvalue weighted by Crippen LogP contribution is 2.12. The largest absolute Gasteiger partial charge is 0.417 e. The van der Waals surface area contributed by atoms with E-state index in [1.54, 1.807) is 12.1 Å². The molecule has 1 heterocycles. The van der Waals surface area contributed by atoms with Crippen LogP contribution in [0.15, 0.2) is 27.4 Å². The molecule has 1 aromatic heterocycles. The van der Waals surface area contributed by atoms with Gasteiger partial charge in [0.2, 0.25) is 10.0 Å². The van der Waals surface area contributed by atoms with E-state index in [9.17, 15) is 13.2 Å². The van der Waals surface area contributed by atoms with Gasteiger partial charge in [0.15, 0.2) is 5.58 Å². The summed E-state index contributed by atoms with van der Waals surface area (Å²) in [6.45, 7) is 2.16. The van der Waals surface area contributed by atoms with Gasteiger partial charge in [-0.05, 0) is 30.5 Å². The van der Waals surface area contributed by atoms with Gasteiger partial charge in [0.1, 0.15) is 0 Å². The zero-order valence-electron chi connectivity index (χ0n) is 10.6. The normalized spacial score (nSPS) is 12.1. The molecule has 2 aromatic rings. The van der Waals surface area contributed by atoms with Crippen LogP contribution in [0.5, 0.6) is 0 Å². The van der Waals surface area contributed by atoms with Gasteiger partial charge in [-0.15, -0.1) is 0 Å². The maximum Gasteiger partial charge on any atom is 0.417 e. The first-order valence-electron chi connectivity index (χ1n) is 6.09. The third-order valence-electron chi connectivity index (χ3n) is 2.69. The van der Waals surface area contributed by atoms with Crippen molar-refractivity contribution < 1.29 is 12.8 Å². The SMILES string of the molecule is CCCS(=O)(=O)NCCc1ccc2[nH]c(=O)oc2c1. The number of aromatic amines is 1. The minimum absolute atomic E-state index is 0.138. The molecule has 6 nitrogen and oxygen atoms in total. The molecule has 0 saturated heterocycles. The first kappa shape index (κ1) is 13.8. The van der Waals surface area contributed by atoms with Gasteiger partial charge < -0.3 is 4.42 Å². The molecule has 0 radical (unpaired) electrons. The Labute approximate surface area is 110 Å². The molecule has 0 bridgehead atoms. The Morgan fingerprint density at radius 2 is 2.16 bits per heavy atom. The molecular weight excluding hydrogens is 268 g/mol. The summed E-state index contributed by atoms with van der Waals surface area (Å²) in [6, 6.07) is 5.32. The molecule has 7 heteroatoms. The smallest absolute Gasteiger partial charge is 0.408 e. The third-order valence-corrected chi connectivity index (χ3v) is 4.28. The number of oxazole rings is 1. The Balaban J connectivity index is 2.00. The summed E-state index contributed by atoms with van der Waals surface area (Å²) in [5.74, 6) is -0.352. The highest BCUT2D eigenvalue weighted by atomic mass is 32.2. The maximum atomic E-state index is 11.5. The molecule has 1 aromatic carbocycles. The first-order chi connectivity index (χ1) is 9.00. The van der Waals surface area contributed by atoms with Crippen LogP contribution in [-0.2, 0) is 16.4 Å². The molecule has 0 aliphatic rings. The zero-order chi connectivity index (χ0) is 13.9. The molecule has 0 saturated carbocycles. The van der Waals surface area contributed by atoms with Crippen molar-refractivity contribution in [3.63, 3.8) is 0 Å². The zero-order valence-corrected chi connectivity index (χ0v) is 11.4. The van der Waals surface area contributed by atoms with Crippen molar-refractivity contribution in [2.75, 3.05) is 12.3 Å². The van der Waals surface area contributed by atoms with Gasteiger partial charge in [-0.2, -0.15) is 0 Å². The van der Waals surface area contributed by atoms with Gasteiger partial charge in [-0.25, -0.2) is 17.9 Å². The maximum absolute atomic E-state index is 11.5. The number of aromatic nitrogens is 1. The predicted octanol–water partition coefficient (Wildman–Crippen LogP) is 0.993. The number of fused-ring (bicyclic) bond motifs is 1. The highest BCUT2D eigenvalue weighted by molar-refractivity contribution is 7.89. The summed E-state index contributed by atoms with van der Waals surface area (Å²) in [4.78, 5) is 13.6. The Kier molecular flexibility index (Phi) is 4.06. The average molecular weight is 284 g/mol. The lowest BCUT2D eigenvalue weighted by atomic mass is 10.1. The van der Waals surface area contributed by atoms with Crippen LogP contribution in [0, 0.1) is 0 Å². The average Bonchev–Trinajstić information content (AvgIpc) is 2.68. The van der Waals surface area contributed by atoms with Gasteiger partial charge in [0.05, 0.1) is 11.3 Å². The number of nitrogens with one attached hydrogen (secondary N) is 2. The number of hydrogen-bond donors (Lipinski definition) is 2. The first-order valence-corrected chi connectivity index (χ1v) is 7.74. The molecule has 2 rings (SSSR count). The molecule has 0 aliphatic carbocycles. The van der Waals surface area contributed by atoms with Gasteiger partial charge in [0, 0.05) is 6.54 Å². The van der Waals surface area contributed by atoms with Crippen molar-refractivity contribution in [2.45, 2.75) is 19.8 Å². The second-order valence-electron chi connectivity index (χ2n) is 4.31. The fraction of sp³-hybridized carbons (Fsp3) is 0.417. The second kappa shape index (κ2) is 5.58. The minimum Gasteiger partial charge on any atom is -0.408 e. The molecule has 0 atom stereocenters. The van der Waals surface area contributed by atoms with E-state index in [0.29, 0.717) is 30.5 Å². The lowest BCUT2D eigenvalue weighted by molar-refractivity contribution is 0.555. The topological polar surface area (TPSA) is 92.2 Å². The van der Waals surface area contributed by atoms with Crippen LogP contribution in [-0.4, -0.2) is 25.7 Å².